The molecule has 84 valence electrons. The van der Waals surface area contributed by atoms with Gasteiger partial charge in [0.05, 0.1) is 0 Å². The number of carbonyl (C=O) groups is 1. The molecular formula is C12H24O2. The first kappa shape index (κ1) is 13.5. The fourth-order valence-corrected chi connectivity index (χ4v) is 1.75. The first-order valence-electron chi connectivity index (χ1n) is 5.88. The second-order valence-corrected chi connectivity index (χ2v) is 3.84. The van der Waals surface area contributed by atoms with Gasteiger partial charge >= 0.3 is 5.97 Å². The molecule has 0 aromatic carbocycles. The molecule has 0 spiro atoms. The predicted molar refractivity (Wildman–Crippen MR) is 59.2 cm³/mol. The minimum Gasteiger partial charge on any atom is -0.459 e. The van der Waals surface area contributed by atoms with Crippen molar-refractivity contribution in [3.8, 4) is 0 Å². The van der Waals surface area contributed by atoms with Crippen LogP contribution in [0.4, 0.5) is 0 Å². The summed E-state index contributed by atoms with van der Waals surface area (Å²) in [5, 5.41) is 0. The van der Waals surface area contributed by atoms with Gasteiger partial charge in [0.1, 0.15) is 5.60 Å². The van der Waals surface area contributed by atoms with Crippen LogP contribution in [0.25, 0.3) is 0 Å². The molecule has 1 aliphatic carbocycles. The number of rotatable bonds is 2. The van der Waals surface area contributed by atoms with Gasteiger partial charge in [-0.15, -0.1) is 0 Å². The van der Waals surface area contributed by atoms with Crippen molar-refractivity contribution < 1.29 is 9.53 Å². The molecule has 0 N–H and O–H groups in total. The number of hydrogen-bond acceptors (Lipinski definition) is 2. The van der Waals surface area contributed by atoms with Crippen LogP contribution in [0.2, 0.25) is 0 Å². The molecule has 0 unspecified atom stereocenters. The van der Waals surface area contributed by atoms with Crippen LogP contribution in [-0.4, -0.2) is 11.6 Å². The highest BCUT2D eigenvalue weighted by atomic mass is 16.6. The molecule has 0 saturated heterocycles. The first-order valence-corrected chi connectivity index (χ1v) is 5.88. The third-order valence-corrected chi connectivity index (χ3v) is 2.56. The maximum atomic E-state index is 11.1. The summed E-state index contributed by atoms with van der Waals surface area (Å²) >= 11 is 0. The molecule has 1 fully saturated rings. The highest BCUT2D eigenvalue weighted by molar-refractivity contribution is 5.69. The highest BCUT2D eigenvalue weighted by Gasteiger charge is 2.29. The molecule has 0 atom stereocenters. The number of ether oxygens (including phenoxy) is 1. The summed E-state index contributed by atoms with van der Waals surface area (Å²) in [6.07, 6.45) is 6.27. The Labute approximate surface area is 88.0 Å². The number of hydrogen-bond donors (Lipinski definition) is 0. The first-order chi connectivity index (χ1) is 6.66. The standard InChI is InChI=1S/C10H18O2.C2H6/c1-3-9(11)12-10(2)7-5-4-6-8-10;1-2/h3-8H2,1-2H3;1-2H3. The highest BCUT2D eigenvalue weighted by Crippen LogP contribution is 2.31. The zero-order valence-corrected chi connectivity index (χ0v) is 10.1. The molecule has 1 rings (SSSR count). The van der Waals surface area contributed by atoms with Crippen molar-refractivity contribution in [2.45, 2.75) is 71.8 Å². The van der Waals surface area contributed by atoms with Gasteiger partial charge in [0.25, 0.3) is 0 Å². The van der Waals surface area contributed by atoms with Gasteiger partial charge in [-0.3, -0.25) is 4.79 Å². The summed E-state index contributed by atoms with van der Waals surface area (Å²) in [6.45, 7) is 7.90. The maximum absolute atomic E-state index is 11.1. The van der Waals surface area contributed by atoms with Crippen LogP contribution in [0.15, 0.2) is 0 Å². The summed E-state index contributed by atoms with van der Waals surface area (Å²) in [6, 6.07) is 0. The number of carbonyl (C=O) groups excluding carboxylic acids is 1. The summed E-state index contributed by atoms with van der Waals surface area (Å²) in [5.41, 5.74) is -0.147. The Kier molecular flexibility index (Phi) is 6.60. The average Bonchev–Trinajstić information content (AvgIpc) is 2.21. The Balaban J connectivity index is 0.000000791. The van der Waals surface area contributed by atoms with Gasteiger partial charge in [-0.25, -0.2) is 0 Å². The molecule has 2 heteroatoms. The SMILES string of the molecule is CC.CCC(=O)OC1(C)CCCCC1. The lowest BCUT2D eigenvalue weighted by Gasteiger charge is -2.33. The van der Waals surface area contributed by atoms with Gasteiger partial charge < -0.3 is 4.74 Å². The van der Waals surface area contributed by atoms with Crippen LogP contribution in [-0.2, 0) is 9.53 Å². The quantitative estimate of drug-likeness (QED) is 0.635. The van der Waals surface area contributed by atoms with Crippen LogP contribution in [0.1, 0.15) is 66.2 Å². The molecule has 0 aromatic rings. The van der Waals surface area contributed by atoms with Gasteiger partial charge in [0, 0.05) is 6.42 Å². The van der Waals surface area contributed by atoms with Crippen molar-refractivity contribution in [1.29, 1.82) is 0 Å². The van der Waals surface area contributed by atoms with Crippen LogP contribution < -0.4 is 0 Å². The van der Waals surface area contributed by atoms with Crippen LogP contribution in [0.5, 0.6) is 0 Å². The Bertz CT molecular complexity index is 158. The molecule has 1 aliphatic rings. The molecule has 0 aliphatic heterocycles. The van der Waals surface area contributed by atoms with Gasteiger partial charge in [-0.2, -0.15) is 0 Å². The Morgan fingerprint density at radius 3 is 2.14 bits per heavy atom. The van der Waals surface area contributed by atoms with Gasteiger partial charge in [-0.05, 0) is 32.6 Å². The van der Waals surface area contributed by atoms with E-state index < -0.39 is 0 Å². The van der Waals surface area contributed by atoms with Gasteiger partial charge in [0.2, 0.25) is 0 Å². The van der Waals surface area contributed by atoms with Crippen molar-refractivity contribution >= 4 is 5.97 Å². The van der Waals surface area contributed by atoms with Crippen molar-refractivity contribution in [2.75, 3.05) is 0 Å². The Morgan fingerprint density at radius 1 is 1.21 bits per heavy atom. The van der Waals surface area contributed by atoms with E-state index in [0.29, 0.717) is 6.42 Å². The molecule has 0 radical (unpaired) electrons. The third-order valence-electron chi connectivity index (χ3n) is 2.56. The third kappa shape index (κ3) is 4.64. The van der Waals surface area contributed by atoms with E-state index in [-0.39, 0.29) is 11.6 Å². The van der Waals surface area contributed by atoms with Gasteiger partial charge in [-0.1, -0.05) is 27.2 Å². The summed E-state index contributed by atoms with van der Waals surface area (Å²) in [4.78, 5) is 11.1. The fraction of sp³-hybridized carbons (Fsp3) is 0.917. The van der Waals surface area contributed by atoms with E-state index in [1.165, 1.54) is 19.3 Å². The van der Waals surface area contributed by atoms with Crippen LogP contribution in [0, 0.1) is 0 Å². The van der Waals surface area contributed by atoms with E-state index in [2.05, 4.69) is 6.92 Å². The zero-order valence-electron chi connectivity index (χ0n) is 10.1. The zero-order chi connectivity index (χ0) is 11.0. The largest absolute Gasteiger partial charge is 0.459 e. The molecule has 0 aromatic heterocycles. The van der Waals surface area contributed by atoms with E-state index in [1.807, 2.05) is 20.8 Å². The fourth-order valence-electron chi connectivity index (χ4n) is 1.75. The van der Waals surface area contributed by atoms with E-state index >= 15 is 0 Å². The van der Waals surface area contributed by atoms with Gasteiger partial charge in [0.15, 0.2) is 0 Å². The molecule has 2 nitrogen and oxygen atoms in total. The van der Waals surface area contributed by atoms with E-state index in [0.717, 1.165) is 12.8 Å². The second-order valence-electron chi connectivity index (χ2n) is 3.84. The minimum absolute atomic E-state index is 0.0561. The van der Waals surface area contributed by atoms with Crippen LogP contribution in [0.3, 0.4) is 0 Å². The molecular weight excluding hydrogens is 176 g/mol. The van der Waals surface area contributed by atoms with E-state index in [4.69, 9.17) is 4.74 Å². The van der Waals surface area contributed by atoms with E-state index in [1.54, 1.807) is 0 Å². The number of esters is 1. The minimum atomic E-state index is -0.147. The Hall–Kier alpha value is -0.530. The topological polar surface area (TPSA) is 26.3 Å². The van der Waals surface area contributed by atoms with Crippen molar-refractivity contribution in [3.05, 3.63) is 0 Å². The van der Waals surface area contributed by atoms with Crippen molar-refractivity contribution in [2.24, 2.45) is 0 Å². The molecule has 14 heavy (non-hydrogen) atoms. The molecule has 1 saturated carbocycles. The van der Waals surface area contributed by atoms with E-state index in [9.17, 15) is 4.79 Å². The second kappa shape index (κ2) is 6.86. The van der Waals surface area contributed by atoms with Crippen LogP contribution >= 0.6 is 0 Å². The normalized spacial score (nSPS) is 19.1. The summed E-state index contributed by atoms with van der Waals surface area (Å²) in [7, 11) is 0. The van der Waals surface area contributed by atoms with Crippen molar-refractivity contribution in [1.82, 2.24) is 0 Å². The predicted octanol–water partition coefficient (Wildman–Crippen LogP) is 3.69. The molecule has 0 amide bonds. The lowest BCUT2D eigenvalue weighted by atomic mass is 9.86. The van der Waals surface area contributed by atoms with Crippen molar-refractivity contribution in [3.63, 3.8) is 0 Å². The smallest absolute Gasteiger partial charge is 0.306 e. The summed E-state index contributed by atoms with van der Waals surface area (Å²) in [5.74, 6) is -0.0561. The Morgan fingerprint density at radius 2 is 1.71 bits per heavy atom. The average molecular weight is 200 g/mol. The lowest BCUT2D eigenvalue weighted by Crippen LogP contribution is -2.33. The maximum Gasteiger partial charge on any atom is 0.306 e. The summed E-state index contributed by atoms with van der Waals surface area (Å²) < 4.78 is 5.39. The monoisotopic (exact) mass is 200 g/mol. The molecule has 0 bridgehead atoms. The lowest BCUT2D eigenvalue weighted by molar-refractivity contribution is -0.160. The molecule has 0 heterocycles.